The lowest BCUT2D eigenvalue weighted by molar-refractivity contribution is -0.304. The topological polar surface area (TPSA) is 267 Å². The van der Waals surface area contributed by atoms with Crippen LogP contribution in [0.3, 0.4) is 0 Å². The van der Waals surface area contributed by atoms with E-state index >= 15 is 0 Å². The van der Waals surface area contributed by atoms with Crippen LogP contribution in [0.25, 0.3) is 11.4 Å². The highest BCUT2D eigenvalue weighted by atomic mass is 16.7. The van der Waals surface area contributed by atoms with Gasteiger partial charge in [-0.15, -0.1) is 10.2 Å². The van der Waals surface area contributed by atoms with Gasteiger partial charge >= 0.3 is 0 Å². The monoisotopic (exact) mass is 909 g/mol. The van der Waals surface area contributed by atoms with E-state index in [0.717, 1.165) is 58.1 Å². The summed E-state index contributed by atoms with van der Waals surface area (Å²) in [5.74, 6) is 0.590. The molecular formula is C45H65N8O12. The molecule has 65 heavy (non-hydrogen) atoms. The van der Waals surface area contributed by atoms with Gasteiger partial charge in [0.1, 0.15) is 66.9 Å². The number of aliphatic hydroxyl groups excluding tert-OH is 8. The predicted molar refractivity (Wildman–Crippen MR) is 235 cm³/mol. The second kappa shape index (κ2) is 20.4. The molecule has 357 valence electrons. The summed E-state index contributed by atoms with van der Waals surface area (Å²) in [5.41, 5.74) is 9.37. The van der Waals surface area contributed by atoms with E-state index in [2.05, 4.69) is 117 Å². The van der Waals surface area contributed by atoms with Crippen molar-refractivity contribution in [3.05, 3.63) is 77.0 Å². The van der Waals surface area contributed by atoms with Crippen LogP contribution >= 0.6 is 0 Å². The van der Waals surface area contributed by atoms with E-state index < -0.39 is 74.6 Å². The fourth-order valence-electron chi connectivity index (χ4n) is 8.58. The molecule has 7 rings (SSSR count). The van der Waals surface area contributed by atoms with Gasteiger partial charge in [0.25, 0.3) is 0 Å². The summed E-state index contributed by atoms with van der Waals surface area (Å²) in [5, 5.41) is 98.0. The normalized spacial score (nSPS) is 27.6. The molecule has 1 radical (unpaired) electrons. The SMILES string of the molecule is CC(C)c1cc(-n2cc(CO[C@@H]3O[C@H](CO)[C@@H](O)[C@H](O)[C@H]3O)nn2)cc(C(C)C)c1N1[CH]N(c2c(C(C)C)cc(-n3cc(CO[C@@H]4O[C@H](CO)[C@@H](O)[C@H](O)[C@H]4O)nn3)cc2C(C)C)CC1. The van der Waals surface area contributed by atoms with E-state index in [-0.39, 0.29) is 36.9 Å². The summed E-state index contributed by atoms with van der Waals surface area (Å²) in [4.78, 5) is 4.69. The van der Waals surface area contributed by atoms with Gasteiger partial charge in [-0.3, -0.25) is 0 Å². The lowest BCUT2D eigenvalue weighted by Crippen LogP contribution is -2.59. The van der Waals surface area contributed by atoms with Gasteiger partial charge in [-0.05, 0) is 70.2 Å². The maximum atomic E-state index is 10.4. The lowest BCUT2D eigenvalue weighted by Gasteiger charge is -2.39. The largest absolute Gasteiger partial charge is 0.394 e. The molecule has 4 aromatic rings. The molecule has 20 heteroatoms. The predicted octanol–water partition coefficient (Wildman–Crippen LogP) is 1.42. The molecule has 3 aliphatic rings. The minimum Gasteiger partial charge on any atom is -0.394 e. The highest BCUT2D eigenvalue weighted by Crippen LogP contribution is 2.44. The first-order valence-corrected chi connectivity index (χ1v) is 22.3. The highest BCUT2D eigenvalue weighted by Gasteiger charge is 2.45. The molecule has 0 aliphatic carbocycles. The molecule has 3 aliphatic heterocycles. The van der Waals surface area contributed by atoms with Crippen molar-refractivity contribution in [3.63, 3.8) is 0 Å². The Labute approximate surface area is 378 Å². The smallest absolute Gasteiger partial charge is 0.187 e. The summed E-state index contributed by atoms with van der Waals surface area (Å²) in [6, 6.07) is 8.53. The third kappa shape index (κ3) is 10.1. The van der Waals surface area contributed by atoms with Crippen molar-refractivity contribution in [2.24, 2.45) is 0 Å². The molecular weight excluding hydrogens is 845 g/mol. The number of benzene rings is 2. The number of aromatic nitrogens is 6. The molecule has 20 nitrogen and oxygen atoms in total. The zero-order chi connectivity index (χ0) is 47.0. The van der Waals surface area contributed by atoms with Gasteiger partial charge in [0.05, 0.1) is 50.2 Å². The third-order valence-electron chi connectivity index (χ3n) is 12.3. The second-order valence-electron chi connectivity index (χ2n) is 18.4. The van der Waals surface area contributed by atoms with Gasteiger partial charge in [-0.2, -0.15) is 0 Å². The van der Waals surface area contributed by atoms with Crippen LogP contribution in [0.1, 0.15) is 113 Å². The van der Waals surface area contributed by atoms with Gasteiger partial charge in [0.15, 0.2) is 12.6 Å². The molecule has 3 fully saturated rings. The Morgan fingerprint density at radius 3 is 1.18 bits per heavy atom. The van der Waals surface area contributed by atoms with Crippen LogP contribution in [0.5, 0.6) is 0 Å². The number of rotatable bonds is 16. The minimum absolute atomic E-state index is 0.103. The lowest BCUT2D eigenvalue weighted by atomic mass is 9.90. The molecule has 2 aromatic heterocycles. The Balaban J connectivity index is 1.11. The van der Waals surface area contributed by atoms with E-state index in [1.165, 1.54) is 0 Å². The fourth-order valence-corrected chi connectivity index (χ4v) is 8.58. The number of nitrogens with zero attached hydrogens (tertiary/aromatic N) is 8. The molecule has 0 spiro atoms. The first-order chi connectivity index (χ1) is 30.9. The van der Waals surface area contributed by atoms with Crippen LogP contribution in [0, 0.1) is 6.67 Å². The molecule has 5 heterocycles. The van der Waals surface area contributed by atoms with Crippen molar-refractivity contribution in [2.75, 3.05) is 36.1 Å². The summed E-state index contributed by atoms with van der Waals surface area (Å²) in [7, 11) is 0. The molecule has 0 unspecified atom stereocenters. The number of aliphatic hydroxyl groups is 8. The first-order valence-electron chi connectivity index (χ1n) is 22.3. The molecule has 0 saturated carbocycles. The van der Waals surface area contributed by atoms with Crippen LogP contribution in [0.4, 0.5) is 11.4 Å². The van der Waals surface area contributed by atoms with Crippen LogP contribution in [0.15, 0.2) is 36.7 Å². The van der Waals surface area contributed by atoms with E-state index in [0.29, 0.717) is 11.4 Å². The average molecular weight is 910 g/mol. The van der Waals surface area contributed by atoms with Crippen molar-refractivity contribution in [2.45, 2.75) is 154 Å². The average Bonchev–Trinajstić information content (AvgIpc) is 4.08. The van der Waals surface area contributed by atoms with Crippen LogP contribution in [-0.4, -0.2) is 159 Å². The van der Waals surface area contributed by atoms with Gasteiger partial charge in [-0.1, -0.05) is 65.8 Å². The van der Waals surface area contributed by atoms with E-state index in [4.69, 9.17) is 18.9 Å². The van der Waals surface area contributed by atoms with Gasteiger partial charge in [0, 0.05) is 24.5 Å². The molecule has 10 atom stereocenters. The van der Waals surface area contributed by atoms with Crippen molar-refractivity contribution in [1.29, 1.82) is 0 Å². The maximum absolute atomic E-state index is 10.4. The standard InChI is InChI=1S/C45H65N8O12/c1-22(2)30-11-28(52-15-26(46-48-52)19-62-44-42(60)40(58)38(56)34(17-54)64-44)12-31(23(3)4)36(30)50-9-10-51(21-50)37-32(24(5)6)13-29(14-33(37)25(7)8)53-16-27(47-49-53)20-63-45-43(61)41(59)39(57)35(18-55)65-45/h11-16,21-25,34-35,38-45,54-61H,9-10,17-20H2,1-8H3/t34-,35-,38-,39-,40+,41+,42-,43-,44-,45-/m1/s1. The second-order valence-corrected chi connectivity index (χ2v) is 18.4. The molecule has 8 N–H and O–H groups in total. The summed E-state index contributed by atoms with van der Waals surface area (Å²) < 4.78 is 25.8. The quantitative estimate of drug-likeness (QED) is 0.0790. The van der Waals surface area contributed by atoms with Crippen molar-refractivity contribution >= 4 is 11.4 Å². The summed E-state index contributed by atoms with van der Waals surface area (Å²) in [6.07, 6.45) is -10.4. The van der Waals surface area contributed by atoms with E-state index in [1.54, 1.807) is 21.8 Å². The fraction of sp³-hybridized carbons (Fsp3) is 0.622. The highest BCUT2D eigenvalue weighted by molar-refractivity contribution is 5.72. The molecule has 2 aromatic carbocycles. The van der Waals surface area contributed by atoms with Gasteiger partial charge in [0.2, 0.25) is 0 Å². The number of hydrogen-bond donors (Lipinski definition) is 8. The van der Waals surface area contributed by atoms with Crippen LogP contribution < -0.4 is 9.80 Å². The van der Waals surface area contributed by atoms with Crippen LogP contribution in [-0.2, 0) is 32.2 Å². The Kier molecular flexibility index (Phi) is 15.3. The van der Waals surface area contributed by atoms with Gasteiger partial charge < -0.3 is 69.6 Å². The Morgan fingerprint density at radius 1 is 0.538 bits per heavy atom. The Morgan fingerprint density at radius 2 is 0.877 bits per heavy atom. The van der Waals surface area contributed by atoms with E-state index in [9.17, 15) is 40.9 Å². The van der Waals surface area contributed by atoms with Crippen LogP contribution in [0.2, 0.25) is 0 Å². The number of anilines is 2. The molecule has 0 bridgehead atoms. The van der Waals surface area contributed by atoms with Crippen molar-refractivity contribution in [1.82, 2.24) is 30.0 Å². The minimum atomic E-state index is -1.55. The number of hydrogen-bond acceptors (Lipinski definition) is 18. The summed E-state index contributed by atoms with van der Waals surface area (Å²) >= 11 is 0. The first kappa shape index (κ1) is 48.8. The third-order valence-corrected chi connectivity index (χ3v) is 12.3. The Bertz CT molecular complexity index is 2000. The maximum Gasteiger partial charge on any atom is 0.187 e. The molecule has 0 amide bonds. The van der Waals surface area contributed by atoms with Crippen molar-refractivity contribution in [3.8, 4) is 11.4 Å². The zero-order valence-corrected chi connectivity index (χ0v) is 38.2. The summed E-state index contributed by atoms with van der Waals surface area (Å²) in [6.45, 7) is 19.8. The van der Waals surface area contributed by atoms with E-state index in [1.807, 2.05) is 0 Å². The Hall–Kier alpha value is -4.16. The zero-order valence-electron chi connectivity index (χ0n) is 38.2. The number of ether oxygens (including phenoxy) is 4. The molecule has 3 saturated heterocycles. The van der Waals surface area contributed by atoms with Crippen molar-refractivity contribution < 1.29 is 59.8 Å². The van der Waals surface area contributed by atoms with Gasteiger partial charge in [-0.25, -0.2) is 9.36 Å².